The predicted molar refractivity (Wildman–Crippen MR) is 161 cm³/mol. The van der Waals surface area contributed by atoms with Gasteiger partial charge in [-0.25, -0.2) is 0 Å². The van der Waals surface area contributed by atoms with Gasteiger partial charge < -0.3 is 14.8 Å². The van der Waals surface area contributed by atoms with Crippen molar-refractivity contribution in [3.8, 4) is 0 Å². The number of ether oxygens (including phenoxy) is 2. The third-order valence-electron chi connectivity index (χ3n) is 5.52. The molecule has 0 aliphatic rings. The van der Waals surface area contributed by atoms with E-state index in [1.165, 1.54) is 11.9 Å². The van der Waals surface area contributed by atoms with Crippen LogP contribution in [0.25, 0.3) is 16.3 Å². The van der Waals surface area contributed by atoms with E-state index in [2.05, 4.69) is 61.5 Å². The first-order valence-electron chi connectivity index (χ1n) is 11.6. The van der Waals surface area contributed by atoms with Crippen LogP contribution in [0.1, 0.15) is 24.5 Å². The van der Waals surface area contributed by atoms with Crippen LogP contribution < -0.4 is 5.32 Å². The van der Waals surface area contributed by atoms with Gasteiger partial charge in [-0.1, -0.05) is 79.3 Å². The molecule has 1 amide bonds. The van der Waals surface area contributed by atoms with Gasteiger partial charge in [0.25, 0.3) is 5.91 Å². The van der Waals surface area contributed by atoms with Crippen LogP contribution in [-0.2, 0) is 20.7 Å². The van der Waals surface area contributed by atoms with Gasteiger partial charge >= 0.3 is 24.8 Å². The first-order chi connectivity index (χ1) is 18.2. The molecular formula is C30H34Cl2FNO3Se. The fourth-order valence-electron chi connectivity index (χ4n) is 3.57. The number of carbonyl (C=O) groups excluding carboxylic acids is 1. The van der Waals surface area contributed by atoms with Gasteiger partial charge in [0, 0.05) is 23.6 Å². The normalized spacial score (nSPS) is 12.3. The van der Waals surface area contributed by atoms with Crippen molar-refractivity contribution in [1.82, 2.24) is 5.32 Å². The van der Waals surface area contributed by atoms with E-state index in [1.54, 1.807) is 20.3 Å². The number of allylic oxidation sites excluding steroid dienone is 6. The molecule has 204 valence electrons. The van der Waals surface area contributed by atoms with E-state index in [-0.39, 0.29) is 21.5 Å². The monoisotopic (exact) mass is 625 g/mol. The average molecular weight is 625 g/mol. The van der Waals surface area contributed by atoms with E-state index in [9.17, 15) is 8.35 Å². The molecule has 0 aliphatic heterocycles. The Morgan fingerprint density at radius 1 is 1.11 bits per heavy atom. The van der Waals surface area contributed by atoms with Crippen molar-refractivity contribution in [3.05, 3.63) is 113 Å². The number of fused-ring (bicyclic) bond motifs is 1. The van der Waals surface area contributed by atoms with Crippen molar-refractivity contribution < 1.29 is 17.8 Å². The molecule has 0 saturated carbocycles. The molecule has 2 aromatic carbocycles. The van der Waals surface area contributed by atoms with Gasteiger partial charge in [-0.05, 0) is 53.5 Å². The summed E-state index contributed by atoms with van der Waals surface area (Å²) in [7, 11) is 3.31. The zero-order valence-electron chi connectivity index (χ0n) is 22.2. The molecule has 0 unspecified atom stereocenters. The molecule has 0 atom stereocenters. The predicted octanol–water partition coefficient (Wildman–Crippen LogP) is 8.04. The Morgan fingerprint density at radius 2 is 1.74 bits per heavy atom. The maximum absolute atomic E-state index is 12.4. The summed E-state index contributed by atoms with van der Waals surface area (Å²) in [4.78, 5) is 12.4. The van der Waals surface area contributed by atoms with E-state index in [0.717, 1.165) is 39.0 Å². The molecule has 2 rings (SSSR count). The summed E-state index contributed by atoms with van der Waals surface area (Å²) in [5, 5.41) is 5.28. The number of benzene rings is 2. The Morgan fingerprint density at radius 3 is 2.29 bits per heavy atom. The molecule has 0 radical (unpaired) electrons. The van der Waals surface area contributed by atoms with Crippen LogP contribution in [0.15, 0.2) is 102 Å². The molecular weight excluding hydrogens is 591 g/mol. The van der Waals surface area contributed by atoms with Crippen LogP contribution in [0.4, 0.5) is 3.55 Å². The van der Waals surface area contributed by atoms with Gasteiger partial charge in [-0.15, -0.1) is 0 Å². The molecule has 0 spiro atoms. The molecule has 0 aromatic heterocycles. The number of amides is 1. The van der Waals surface area contributed by atoms with E-state index in [1.807, 2.05) is 13.0 Å². The Balaban J connectivity index is 0.00000229. The molecule has 8 heteroatoms. The zero-order chi connectivity index (χ0) is 28.7. The van der Waals surface area contributed by atoms with Gasteiger partial charge in [-0.3, -0.25) is 4.79 Å². The Kier molecular flexibility index (Phi) is 15.5. The molecule has 1 N–H and O–H groups in total. The third kappa shape index (κ3) is 10.2. The van der Waals surface area contributed by atoms with E-state index >= 15 is 0 Å². The standard InChI is InChI=1S/C29H31Cl2NO3.CH3FSe/c1-7-9-25(35-6)18-26(20(4)34-5)24-13-12-22-16-21(10-11-23(22)17-24)14-15-32-29(33)28(19(3)30)27(31)8-2;1-3-2/h7-13,16-17H,1-3,14-15,18H2,4-6H3,(H,32,33);1H3/b25-9+,26-20-,28-27-;. The van der Waals surface area contributed by atoms with Crippen LogP contribution >= 0.6 is 23.2 Å². The molecule has 0 aliphatic carbocycles. The summed E-state index contributed by atoms with van der Waals surface area (Å²) in [6.45, 7) is 13.3. The number of hydrogen-bond acceptors (Lipinski definition) is 3. The minimum absolute atomic E-state index is 0.0728. The second-order valence-corrected chi connectivity index (χ2v) is 9.39. The topological polar surface area (TPSA) is 47.6 Å². The summed E-state index contributed by atoms with van der Waals surface area (Å²) in [5.74, 6) is 2.77. The molecule has 0 fully saturated rings. The number of carbonyl (C=O) groups is 1. The molecule has 0 heterocycles. The molecule has 4 nitrogen and oxygen atoms in total. The third-order valence-corrected chi connectivity index (χ3v) is 6.05. The first kappa shape index (κ1) is 33.3. The number of hydrogen-bond donors (Lipinski definition) is 1. The number of halogens is 3. The van der Waals surface area contributed by atoms with Gasteiger partial charge in [-0.2, -0.15) is 0 Å². The fraction of sp³-hybridized carbons (Fsp3) is 0.233. The zero-order valence-corrected chi connectivity index (χ0v) is 25.4. The fourth-order valence-corrected chi connectivity index (χ4v) is 4.00. The summed E-state index contributed by atoms with van der Waals surface area (Å²) in [5.41, 5.74) is 3.32. The van der Waals surface area contributed by atoms with Crippen LogP contribution in [0.2, 0.25) is 5.82 Å². The van der Waals surface area contributed by atoms with Gasteiger partial charge in [0.1, 0.15) is 0 Å². The maximum atomic E-state index is 12.4. The van der Waals surface area contributed by atoms with Crippen molar-refractivity contribution in [2.24, 2.45) is 0 Å². The van der Waals surface area contributed by atoms with Crippen LogP contribution in [0.5, 0.6) is 0 Å². The molecule has 2 aromatic rings. The Bertz CT molecular complexity index is 1250. The SMILES string of the molecule is C=C/C=C(\C/C(=C(\C)OC)c1ccc2cc(CCNC(=O)/C(C(=C)Cl)=C(\Cl)C=C)ccc2c1)OC.C[Se]F. The Hall–Kier alpha value is -2.76. The van der Waals surface area contributed by atoms with Crippen LogP contribution in [0, 0.1) is 0 Å². The number of methoxy groups -OCH3 is 2. The summed E-state index contributed by atoms with van der Waals surface area (Å²) >= 11 is 11.3. The molecule has 0 bridgehead atoms. The van der Waals surface area contributed by atoms with E-state index < -0.39 is 15.4 Å². The van der Waals surface area contributed by atoms with Crippen molar-refractivity contribution in [3.63, 3.8) is 0 Å². The van der Waals surface area contributed by atoms with Crippen molar-refractivity contribution in [1.29, 1.82) is 0 Å². The second-order valence-electron chi connectivity index (χ2n) is 7.88. The van der Waals surface area contributed by atoms with E-state index in [0.29, 0.717) is 19.4 Å². The van der Waals surface area contributed by atoms with Gasteiger partial charge in [0.2, 0.25) is 0 Å². The molecule has 38 heavy (non-hydrogen) atoms. The summed E-state index contributed by atoms with van der Waals surface area (Å²) in [6, 6.07) is 12.5. The van der Waals surface area contributed by atoms with Crippen molar-refractivity contribution in [2.45, 2.75) is 25.6 Å². The average Bonchev–Trinajstić information content (AvgIpc) is 2.90. The molecule has 0 saturated heterocycles. The van der Waals surface area contributed by atoms with Crippen LogP contribution in [-0.4, -0.2) is 42.1 Å². The van der Waals surface area contributed by atoms with E-state index in [4.69, 9.17) is 32.7 Å². The quantitative estimate of drug-likeness (QED) is 0.113. The first-order valence-corrected chi connectivity index (χ1v) is 14.7. The summed E-state index contributed by atoms with van der Waals surface area (Å²) in [6.07, 6.45) is 6.16. The van der Waals surface area contributed by atoms with Crippen molar-refractivity contribution in [2.75, 3.05) is 20.8 Å². The Labute approximate surface area is 242 Å². The van der Waals surface area contributed by atoms with Crippen molar-refractivity contribution >= 4 is 60.9 Å². The van der Waals surface area contributed by atoms with Gasteiger partial charge in [0.15, 0.2) is 0 Å². The minimum atomic E-state index is -0.625. The number of rotatable bonds is 12. The van der Waals surface area contributed by atoms with Crippen LogP contribution in [0.3, 0.4) is 0 Å². The second kappa shape index (κ2) is 17.7. The number of nitrogens with one attached hydrogen (secondary N) is 1. The van der Waals surface area contributed by atoms with Gasteiger partial charge in [0.05, 0.1) is 36.3 Å². The summed E-state index contributed by atoms with van der Waals surface area (Å²) < 4.78 is 21.4.